The van der Waals surface area contributed by atoms with Crippen molar-refractivity contribution in [2.75, 3.05) is 7.11 Å². The summed E-state index contributed by atoms with van der Waals surface area (Å²) in [6, 6.07) is 1.67. The van der Waals surface area contributed by atoms with Crippen molar-refractivity contribution in [2.45, 2.75) is 10.9 Å². The maximum Gasteiger partial charge on any atom is 0.216 e. The number of nitrogens with one attached hydrogen (secondary N) is 1. The minimum absolute atomic E-state index is 0.276. The van der Waals surface area contributed by atoms with Crippen LogP contribution in [0.3, 0.4) is 0 Å². The fourth-order valence-corrected chi connectivity index (χ4v) is 3.28. The molecule has 0 aliphatic heterocycles. The summed E-state index contributed by atoms with van der Waals surface area (Å²) in [5, 5.41) is 4.33. The molecule has 0 fully saturated rings. The topological polar surface area (TPSA) is 80.8 Å². The summed E-state index contributed by atoms with van der Waals surface area (Å²) in [5.74, 6) is 0.736. The summed E-state index contributed by atoms with van der Waals surface area (Å²) < 4.78 is 17.2. The average Bonchev–Trinajstić information content (AvgIpc) is 2.99. The fraction of sp³-hybridized carbons (Fsp3) is 0.182. The van der Waals surface area contributed by atoms with E-state index in [1.54, 1.807) is 17.4 Å². The van der Waals surface area contributed by atoms with Crippen molar-refractivity contribution < 1.29 is 8.95 Å². The Morgan fingerprint density at radius 3 is 3.11 bits per heavy atom. The zero-order chi connectivity index (χ0) is 13.2. The van der Waals surface area contributed by atoms with Gasteiger partial charge in [0.05, 0.1) is 34.9 Å². The first-order chi connectivity index (χ1) is 9.26. The Hall–Kier alpha value is -1.80. The molecule has 98 valence electrons. The highest BCUT2D eigenvalue weighted by atomic mass is 32.2. The molecule has 1 N–H and O–H groups in total. The number of H-pyrrole nitrogens is 1. The lowest BCUT2D eigenvalue weighted by Crippen LogP contribution is -2.01. The second-order valence-electron chi connectivity index (χ2n) is 3.75. The van der Waals surface area contributed by atoms with Gasteiger partial charge in [0.15, 0.2) is 5.16 Å². The molecule has 0 spiro atoms. The van der Waals surface area contributed by atoms with Crippen molar-refractivity contribution in [1.82, 2.24) is 19.9 Å². The zero-order valence-electron chi connectivity index (χ0n) is 9.99. The van der Waals surface area contributed by atoms with Crippen LogP contribution in [-0.4, -0.2) is 31.3 Å². The number of rotatable bonds is 4. The quantitative estimate of drug-likeness (QED) is 0.792. The minimum atomic E-state index is -1.26. The molecule has 0 saturated heterocycles. The van der Waals surface area contributed by atoms with E-state index in [9.17, 15) is 4.21 Å². The minimum Gasteiger partial charge on any atom is -0.481 e. The third kappa shape index (κ3) is 2.49. The predicted molar refractivity (Wildman–Crippen MR) is 72.7 cm³/mol. The Bertz CT molecular complexity index is 708. The highest BCUT2D eigenvalue weighted by molar-refractivity contribution is 7.84. The summed E-state index contributed by atoms with van der Waals surface area (Å²) in [5.41, 5.74) is 2.41. The van der Waals surface area contributed by atoms with Gasteiger partial charge in [-0.05, 0) is 0 Å². The smallest absolute Gasteiger partial charge is 0.216 e. The van der Waals surface area contributed by atoms with Crippen LogP contribution >= 0.6 is 11.3 Å². The Morgan fingerprint density at radius 1 is 1.42 bits per heavy atom. The molecule has 3 heterocycles. The van der Waals surface area contributed by atoms with Gasteiger partial charge in [-0.25, -0.2) is 15.0 Å². The molecule has 0 amide bonds. The summed E-state index contributed by atoms with van der Waals surface area (Å²) in [4.78, 5) is 15.3. The highest BCUT2D eigenvalue weighted by Crippen LogP contribution is 2.19. The van der Waals surface area contributed by atoms with Crippen LogP contribution in [0.5, 0.6) is 5.88 Å². The summed E-state index contributed by atoms with van der Waals surface area (Å²) in [6.07, 6.45) is 1.39. The van der Waals surface area contributed by atoms with Crippen molar-refractivity contribution in [3.63, 3.8) is 0 Å². The van der Waals surface area contributed by atoms with Crippen LogP contribution in [0.15, 0.2) is 28.3 Å². The number of nitrogens with zero attached hydrogens (tertiary/aromatic N) is 3. The molecule has 0 radical (unpaired) electrons. The number of hydrogen-bond acceptors (Lipinski definition) is 6. The Labute approximate surface area is 115 Å². The number of ether oxygens (including phenoxy) is 1. The van der Waals surface area contributed by atoms with Gasteiger partial charge in [-0.15, -0.1) is 11.3 Å². The van der Waals surface area contributed by atoms with E-state index in [0.29, 0.717) is 16.7 Å². The van der Waals surface area contributed by atoms with E-state index in [4.69, 9.17) is 4.74 Å². The lowest BCUT2D eigenvalue weighted by molar-refractivity contribution is 0.396. The number of aromatic amines is 1. The van der Waals surface area contributed by atoms with E-state index in [2.05, 4.69) is 19.9 Å². The van der Waals surface area contributed by atoms with E-state index in [0.717, 1.165) is 11.0 Å². The van der Waals surface area contributed by atoms with Gasteiger partial charge in [-0.1, -0.05) is 0 Å². The normalized spacial score (nSPS) is 12.7. The number of methoxy groups -OCH3 is 1. The molecule has 3 rings (SSSR count). The lowest BCUT2D eigenvalue weighted by atomic mass is 10.4. The molecule has 19 heavy (non-hydrogen) atoms. The van der Waals surface area contributed by atoms with Crippen LogP contribution < -0.4 is 4.74 Å². The number of fused-ring (bicyclic) bond motifs is 1. The number of thiophene rings is 1. The van der Waals surface area contributed by atoms with Gasteiger partial charge < -0.3 is 9.72 Å². The molecule has 8 heteroatoms. The molecule has 3 aromatic rings. The second-order valence-corrected chi connectivity index (χ2v) is 5.86. The largest absolute Gasteiger partial charge is 0.481 e. The molecule has 1 unspecified atom stereocenters. The monoisotopic (exact) mass is 294 g/mol. The average molecular weight is 294 g/mol. The van der Waals surface area contributed by atoms with Crippen LogP contribution in [0.1, 0.15) is 5.69 Å². The van der Waals surface area contributed by atoms with Crippen molar-refractivity contribution in [3.8, 4) is 5.88 Å². The summed E-state index contributed by atoms with van der Waals surface area (Å²) in [6.45, 7) is 0. The second kappa shape index (κ2) is 5.06. The molecule has 0 saturated carbocycles. The molecule has 0 bridgehead atoms. The lowest BCUT2D eigenvalue weighted by Gasteiger charge is -2.01. The number of imidazole rings is 1. The van der Waals surface area contributed by atoms with Crippen LogP contribution in [0.2, 0.25) is 0 Å². The van der Waals surface area contributed by atoms with Crippen LogP contribution in [-0.2, 0) is 16.6 Å². The molecule has 3 aromatic heterocycles. The van der Waals surface area contributed by atoms with E-state index >= 15 is 0 Å². The molecular weight excluding hydrogens is 284 g/mol. The zero-order valence-corrected chi connectivity index (χ0v) is 11.6. The first-order valence-electron chi connectivity index (χ1n) is 5.41. The van der Waals surface area contributed by atoms with Crippen LogP contribution in [0, 0.1) is 0 Å². The SMILES string of the molecule is COc1cc(CS(=O)c2nc3cscc3[nH]2)ncn1. The van der Waals surface area contributed by atoms with E-state index in [-0.39, 0.29) is 5.75 Å². The molecule has 0 aromatic carbocycles. The molecule has 0 aliphatic rings. The molecule has 0 aliphatic carbocycles. The van der Waals surface area contributed by atoms with E-state index in [1.807, 2.05) is 10.8 Å². The number of hydrogen-bond donors (Lipinski definition) is 1. The summed E-state index contributed by atoms with van der Waals surface area (Å²) >= 11 is 1.56. The van der Waals surface area contributed by atoms with Crippen molar-refractivity contribution in [2.24, 2.45) is 0 Å². The van der Waals surface area contributed by atoms with Crippen LogP contribution in [0.25, 0.3) is 11.0 Å². The van der Waals surface area contributed by atoms with Gasteiger partial charge in [-0.3, -0.25) is 4.21 Å². The Balaban J connectivity index is 1.82. The summed E-state index contributed by atoms with van der Waals surface area (Å²) in [7, 11) is 0.268. The van der Waals surface area contributed by atoms with Crippen molar-refractivity contribution in [3.05, 3.63) is 28.8 Å². The highest BCUT2D eigenvalue weighted by Gasteiger charge is 2.12. The maximum atomic E-state index is 12.2. The predicted octanol–water partition coefficient (Wildman–Crippen LogP) is 1.73. The number of aromatic nitrogens is 4. The fourth-order valence-electron chi connectivity index (χ4n) is 1.60. The van der Waals surface area contributed by atoms with E-state index < -0.39 is 10.8 Å². The Kier molecular flexibility index (Phi) is 3.26. The standard InChI is InChI=1S/C11H10N4O2S2/c1-17-10-2-7(12-6-13-10)5-19(16)11-14-8-3-18-4-9(8)15-11/h2-4,6H,5H2,1H3,(H,14,15). The van der Waals surface area contributed by atoms with Crippen LogP contribution in [0.4, 0.5) is 0 Å². The van der Waals surface area contributed by atoms with Crippen molar-refractivity contribution >= 4 is 33.2 Å². The van der Waals surface area contributed by atoms with Gasteiger partial charge >= 0.3 is 0 Å². The van der Waals surface area contributed by atoms with Gasteiger partial charge in [-0.2, -0.15) is 0 Å². The van der Waals surface area contributed by atoms with Gasteiger partial charge in [0.25, 0.3) is 0 Å². The molecule has 1 atom stereocenters. The first kappa shape index (κ1) is 12.2. The Morgan fingerprint density at radius 2 is 2.32 bits per heavy atom. The first-order valence-corrected chi connectivity index (χ1v) is 7.67. The van der Waals surface area contributed by atoms with Crippen molar-refractivity contribution in [1.29, 1.82) is 0 Å². The molecular formula is C11H10N4O2S2. The van der Waals surface area contributed by atoms with Gasteiger partial charge in [0.2, 0.25) is 5.88 Å². The third-order valence-electron chi connectivity index (χ3n) is 2.51. The molecule has 6 nitrogen and oxygen atoms in total. The third-order valence-corrected chi connectivity index (χ3v) is 4.42. The maximum absolute atomic E-state index is 12.2. The van der Waals surface area contributed by atoms with E-state index in [1.165, 1.54) is 13.4 Å². The van der Waals surface area contributed by atoms with Gasteiger partial charge in [0.1, 0.15) is 11.8 Å². The van der Waals surface area contributed by atoms with Gasteiger partial charge in [0, 0.05) is 16.8 Å².